The second kappa shape index (κ2) is 8.61. The summed E-state index contributed by atoms with van der Waals surface area (Å²) in [6, 6.07) is 17.2. The molecule has 2 N–H and O–H groups in total. The van der Waals surface area contributed by atoms with Gasteiger partial charge in [0.05, 0.1) is 19.0 Å². The largest absolute Gasteiger partial charge is 0.465 e. The van der Waals surface area contributed by atoms with E-state index in [1.54, 1.807) is 16.7 Å². The van der Waals surface area contributed by atoms with Crippen molar-refractivity contribution in [1.82, 2.24) is 9.88 Å². The number of benzene rings is 2. The molecule has 0 aliphatic rings. The van der Waals surface area contributed by atoms with Crippen LogP contribution >= 0.6 is 0 Å². The second-order valence-corrected chi connectivity index (χ2v) is 7.37. The third kappa shape index (κ3) is 4.30. The van der Waals surface area contributed by atoms with Crippen molar-refractivity contribution in [1.29, 1.82) is 5.26 Å². The highest BCUT2D eigenvalue weighted by atomic mass is 16.4. The zero-order valence-electron chi connectivity index (χ0n) is 16.5. The standard InChI is InChI=1S/C23H23N3O3/c1-15(2)14-26-20(13-25-23(28)29)21(17-6-4-3-5-7-17)19-12-16(10-11-24)8-9-18(19)22(26)27/h3-9,12,15,25H,10,13-14H2,1-2H3,(H,28,29). The number of fused-ring (bicyclic) bond motifs is 1. The number of hydrogen-bond acceptors (Lipinski definition) is 3. The number of nitrogens with zero attached hydrogens (tertiary/aromatic N) is 2. The molecule has 1 aromatic heterocycles. The van der Waals surface area contributed by atoms with E-state index in [4.69, 9.17) is 5.26 Å². The molecule has 0 saturated carbocycles. The lowest BCUT2D eigenvalue weighted by molar-refractivity contribution is 0.193. The van der Waals surface area contributed by atoms with Gasteiger partial charge in [-0.3, -0.25) is 4.79 Å². The summed E-state index contributed by atoms with van der Waals surface area (Å²) in [5.74, 6) is 0.204. The first kappa shape index (κ1) is 20.2. The van der Waals surface area contributed by atoms with E-state index in [9.17, 15) is 14.7 Å². The summed E-state index contributed by atoms with van der Waals surface area (Å²) in [4.78, 5) is 24.5. The minimum Gasteiger partial charge on any atom is -0.465 e. The smallest absolute Gasteiger partial charge is 0.404 e. The predicted molar refractivity (Wildman–Crippen MR) is 113 cm³/mol. The molecule has 6 heteroatoms. The van der Waals surface area contributed by atoms with Gasteiger partial charge in [-0.05, 0) is 34.6 Å². The maximum Gasteiger partial charge on any atom is 0.404 e. The van der Waals surface area contributed by atoms with Crippen molar-refractivity contribution in [2.45, 2.75) is 33.4 Å². The molecule has 1 amide bonds. The number of aromatic nitrogens is 1. The van der Waals surface area contributed by atoms with Crippen LogP contribution in [0.2, 0.25) is 0 Å². The zero-order chi connectivity index (χ0) is 21.0. The van der Waals surface area contributed by atoms with Crippen LogP contribution in [-0.2, 0) is 19.5 Å². The molecular formula is C23H23N3O3. The molecule has 0 spiro atoms. The van der Waals surface area contributed by atoms with E-state index in [1.807, 2.05) is 50.2 Å². The molecule has 0 aliphatic heterocycles. The maximum absolute atomic E-state index is 13.3. The Balaban J connectivity index is 2.43. The lowest BCUT2D eigenvalue weighted by Crippen LogP contribution is -2.31. The molecule has 148 valence electrons. The maximum atomic E-state index is 13.3. The third-order valence-electron chi connectivity index (χ3n) is 4.74. The molecular weight excluding hydrogens is 366 g/mol. The van der Waals surface area contributed by atoms with E-state index in [0.717, 1.165) is 22.1 Å². The normalized spacial score (nSPS) is 10.8. The monoisotopic (exact) mass is 389 g/mol. The topological polar surface area (TPSA) is 95.1 Å². The van der Waals surface area contributed by atoms with E-state index in [-0.39, 0.29) is 24.4 Å². The van der Waals surface area contributed by atoms with E-state index in [1.165, 1.54) is 0 Å². The van der Waals surface area contributed by atoms with Gasteiger partial charge in [0, 0.05) is 23.2 Å². The Bertz CT molecular complexity index is 1140. The summed E-state index contributed by atoms with van der Waals surface area (Å²) >= 11 is 0. The van der Waals surface area contributed by atoms with Gasteiger partial charge in [0.1, 0.15) is 0 Å². The Morgan fingerprint density at radius 1 is 1.17 bits per heavy atom. The number of amides is 1. The quantitative estimate of drug-likeness (QED) is 0.662. The Hall–Kier alpha value is -3.59. The van der Waals surface area contributed by atoms with Crippen LogP contribution in [0, 0.1) is 17.2 Å². The summed E-state index contributed by atoms with van der Waals surface area (Å²) in [7, 11) is 0. The van der Waals surface area contributed by atoms with Gasteiger partial charge in [0.2, 0.25) is 0 Å². The molecule has 1 heterocycles. The minimum absolute atomic E-state index is 0.0138. The van der Waals surface area contributed by atoms with Crippen LogP contribution in [0.4, 0.5) is 4.79 Å². The summed E-state index contributed by atoms with van der Waals surface area (Å²) < 4.78 is 1.68. The summed E-state index contributed by atoms with van der Waals surface area (Å²) in [5, 5.41) is 22.0. The lowest BCUT2D eigenvalue weighted by Gasteiger charge is -2.21. The number of nitrogens with one attached hydrogen (secondary N) is 1. The average molecular weight is 389 g/mol. The fourth-order valence-corrected chi connectivity index (χ4v) is 3.57. The van der Waals surface area contributed by atoms with Crippen LogP contribution < -0.4 is 10.9 Å². The van der Waals surface area contributed by atoms with Crippen LogP contribution in [-0.4, -0.2) is 15.8 Å². The molecule has 0 atom stereocenters. The number of carbonyl (C=O) groups is 1. The van der Waals surface area contributed by atoms with Crippen molar-refractivity contribution in [2.75, 3.05) is 0 Å². The first-order chi connectivity index (χ1) is 13.9. The third-order valence-corrected chi connectivity index (χ3v) is 4.74. The van der Waals surface area contributed by atoms with Crippen molar-refractivity contribution >= 4 is 16.9 Å². The Kier molecular flexibility index (Phi) is 5.99. The molecule has 0 radical (unpaired) electrons. The molecule has 0 saturated heterocycles. The molecule has 0 bridgehead atoms. The second-order valence-electron chi connectivity index (χ2n) is 7.37. The van der Waals surface area contributed by atoms with Crippen LogP contribution in [0.25, 0.3) is 21.9 Å². The van der Waals surface area contributed by atoms with Gasteiger partial charge >= 0.3 is 6.09 Å². The first-order valence-corrected chi connectivity index (χ1v) is 9.49. The van der Waals surface area contributed by atoms with Crippen LogP contribution in [0.3, 0.4) is 0 Å². The zero-order valence-corrected chi connectivity index (χ0v) is 16.5. The van der Waals surface area contributed by atoms with E-state index in [0.29, 0.717) is 17.6 Å². The van der Waals surface area contributed by atoms with Crippen molar-refractivity contribution in [3.05, 3.63) is 70.1 Å². The molecule has 0 unspecified atom stereocenters. The highest BCUT2D eigenvalue weighted by Gasteiger charge is 2.19. The number of carboxylic acid groups (broad SMARTS) is 1. The van der Waals surface area contributed by atoms with E-state index < -0.39 is 6.09 Å². The number of pyridine rings is 1. The van der Waals surface area contributed by atoms with Gasteiger partial charge in [-0.1, -0.05) is 50.2 Å². The fourth-order valence-electron chi connectivity index (χ4n) is 3.57. The SMILES string of the molecule is CC(C)Cn1c(CNC(=O)O)c(-c2ccccc2)c2cc(CC#N)ccc2c1=O. The van der Waals surface area contributed by atoms with Crippen LogP contribution in [0.15, 0.2) is 53.3 Å². The minimum atomic E-state index is -1.15. The van der Waals surface area contributed by atoms with Gasteiger partial charge in [0.15, 0.2) is 0 Å². The van der Waals surface area contributed by atoms with E-state index in [2.05, 4.69) is 11.4 Å². The van der Waals surface area contributed by atoms with Crippen molar-refractivity contribution in [2.24, 2.45) is 5.92 Å². The molecule has 6 nitrogen and oxygen atoms in total. The Labute approximate surface area is 169 Å². The number of nitriles is 1. The van der Waals surface area contributed by atoms with Gasteiger partial charge in [-0.15, -0.1) is 0 Å². The molecule has 3 rings (SSSR count). The first-order valence-electron chi connectivity index (χ1n) is 9.49. The fraction of sp³-hybridized carbons (Fsp3) is 0.261. The molecule has 0 fully saturated rings. The number of rotatable bonds is 6. The summed E-state index contributed by atoms with van der Waals surface area (Å²) in [6.07, 6.45) is -0.909. The lowest BCUT2D eigenvalue weighted by atomic mass is 9.94. The van der Waals surface area contributed by atoms with Gasteiger partial charge in [-0.25, -0.2) is 4.79 Å². The van der Waals surface area contributed by atoms with Crippen LogP contribution in [0.1, 0.15) is 25.1 Å². The summed E-state index contributed by atoms with van der Waals surface area (Å²) in [5.41, 5.74) is 2.99. The highest BCUT2D eigenvalue weighted by molar-refractivity contribution is 5.98. The van der Waals surface area contributed by atoms with Crippen molar-refractivity contribution in [3.63, 3.8) is 0 Å². The van der Waals surface area contributed by atoms with Gasteiger partial charge < -0.3 is 15.0 Å². The van der Waals surface area contributed by atoms with Gasteiger partial charge in [0.25, 0.3) is 5.56 Å². The molecule has 3 aromatic rings. The van der Waals surface area contributed by atoms with Gasteiger partial charge in [-0.2, -0.15) is 5.26 Å². The molecule has 2 aromatic carbocycles. The molecule has 0 aliphatic carbocycles. The average Bonchev–Trinajstić information content (AvgIpc) is 2.69. The van der Waals surface area contributed by atoms with Crippen molar-refractivity contribution < 1.29 is 9.90 Å². The Morgan fingerprint density at radius 2 is 1.90 bits per heavy atom. The summed E-state index contributed by atoms with van der Waals surface area (Å²) in [6.45, 7) is 4.53. The predicted octanol–water partition coefficient (Wildman–Crippen LogP) is 4.16. The van der Waals surface area contributed by atoms with Crippen LogP contribution in [0.5, 0.6) is 0 Å². The Morgan fingerprint density at radius 3 is 2.52 bits per heavy atom. The number of hydrogen-bond donors (Lipinski definition) is 2. The van der Waals surface area contributed by atoms with Crippen molar-refractivity contribution in [3.8, 4) is 17.2 Å². The van der Waals surface area contributed by atoms with E-state index >= 15 is 0 Å². The highest BCUT2D eigenvalue weighted by Crippen LogP contribution is 2.32. The molecule has 29 heavy (non-hydrogen) atoms.